The molecule has 0 unspecified atom stereocenters. The Kier molecular flexibility index (Phi) is 16.0. The van der Waals surface area contributed by atoms with Crippen LogP contribution in [0.4, 0.5) is 5.69 Å². The number of rotatable bonds is 19. The summed E-state index contributed by atoms with van der Waals surface area (Å²) in [6, 6.07) is 6.81. The number of carbonyl (C=O) groups is 2. The van der Waals surface area contributed by atoms with E-state index in [1.807, 2.05) is 6.92 Å². The number of hydrogen-bond donors (Lipinski definition) is 6. The summed E-state index contributed by atoms with van der Waals surface area (Å²) in [5.74, 6) is -0.267. The van der Waals surface area contributed by atoms with Gasteiger partial charge in [0.2, 0.25) is 5.91 Å². The standard InChI is InChI=1S/C26H46N6O5/c1-20(26(2,3)4)32-24(33)19-36-13-11-29-9-10-30-17-23(28)18-37-16-15-35-14-12-31-25(34)21-5-7-22(27)8-6-21/h5-8,17,20,29-30H,9-16,18-19,27-28H2,1-4H3,(H,31,34)(H,32,33)/b23-17-/t20-/m1/s1. The third-order valence-electron chi connectivity index (χ3n) is 5.41. The molecule has 0 saturated carbocycles. The van der Waals surface area contributed by atoms with Gasteiger partial charge in [0, 0.05) is 49.7 Å². The van der Waals surface area contributed by atoms with Crippen molar-refractivity contribution in [3.63, 3.8) is 0 Å². The second-order valence-electron chi connectivity index (χ2n) is 9.67. The fourth-order valence-corrected chi connectivity index (χ4v) is 2.72. The van der Waals surface area contributed by atoms with E-state index in [-0.39, 0.29) is 29.9 Å². The molecule has 1 atom stereocenters. The zero-order valence-electron chi connectivity index (χ0n) is 22.7. The lowest BCUT2D eigenvalue weighted by Gasteiger charge is -2.28. The van der Waals surface area contributed by atoms with Gasteiger partial charge in [0.1, 0.15) is 6.61 Å². The van der Waals surface area contributed by atoms with Crippen molar-refractivity contribution in [3.8, 4) is 0 Å². The molecule has 1 rings (SSSR count). The molecule has 210 valence electrons. The first-order valence-corrected chi connectivity index (χ1v) is 12.6. The molecule has 0 spiro atoms. The maximum atomic E-state index is 11.9. The van der Waals surface area contributed by atoms with Crippen molar-refractivity contribution in [2.75, 3.05) is 71.6 Å². The third-order valence-corrected chi connectivity index (χ3v) is 5.41. The first-order valence-electron chi connectivity index (χ1n) is 12.6. The Morgan fingerprint density at radius 3 is 2.27 bits per heavy atom. The molecule has 1 aromatic rings. The molecule has 0 aliphatic carbocycles. The summed E-state index contributed by atoms with van der Waals surface area (Å²) < 4.78 is 16.3. The molecule has 0 aliphatic heterocycles. The number of nitrogens with two attached hydrogens (primary N) is 2. The smallest absolute Gasteiger partial charge is 0.251 e. The van der Waals surface area contributed by atoms with E-state index < -0.39 is 0 Å². The van der Waals surface area contributed by atoms with Crippen molar-refractivity contribution in [2.45, 2.75) is 33.7 Å². The number of benzene rings is 1. The summed E-state index contributed by atoms with van der Waals surface area (Å²) in [4.78, 5) is 23.8. The van der Waals surface area contributed by atoms with Gasteiger partial charge in [-0.1, -0.05) is 20.8 Å². The summed E-state index contributed by atoms with van der Waals surface area (Å²) in [5.41, 5.74) is 13.3. The van der Waals surface area contributed by atoms with Crippen LogP contribution in [-0.4, -0.2) is 83.7 Å². The van der Waals surface area contributed by atoms with Crippen LogP contribution in [0.2, 0.25) is 0 Å². The van der Waals surface area contributed by atoms with Crippen molar-refractivity contribution in [1.29, 1.82) is 0 Å². The van der Waals surface area contributed by atoms with Crippen LogP contribution in [-0.2, 0) is 19.0 Å². The predicted molar refractivity (Wildman–Crippen MR) is 146 cm³/mol. The molecule has 11 heteroatoms. The molecule has 37 heavy (non-hydrogen) atoms. The molecule has 0 heterocycles. The van der Waals surface area contributed by atoms with Gasteiger partial charge in [-0.25, -0.2) is 0 Å². The first kappa shape index (κ1) is 32.2. The summed E-state index contributed by atoms with van der Waals surface area (Å²) in [6.07, 6.45) is 1.71. The van der Waals surface area contributed by atoms with Gasteiger partial charge in [-0.2, -0.15) is 0 Å². The molecule has 0 aliphatic rings. The van der Waals surface area contributed by atoms with Crippen molar-refractivity contribution in [2.24, 2.45) is 11.1 Å². The van der Waals surface area contributed by atoms with E-state index in [2.05, 4.69) is 42.0 Å². The van der Waals surface area contributed by atoms with Crippen LogP contribution in [0.5, 0.6) is 0 Å². The summed E-state index contributed by atoms with van der Waals surface area (Å²) in [6.45, 7) is 12.7. The zero-order valence-corrected chi connectivity index (χ0v) is 22.7. The number of carbonyl (C=O) groups excluding carboxylic acids is 2. The Balaban J connectivity index is 1.91. The summed E-state index contributed by atoms with van der Waals surface area (Å²) >= 11 is 0. The van der Waals surface area contributed by atoms with Gasteiger partial charge in [0.15, 0.2) is 0 Å². The van der Waals surface area contributed by atoms with Gasteiger partial charge in [-0.3, -0.25) is 9.59 Å². The molecule has 0 aromatic heterocycles. The molecule has 11 nitrogen and oxygen atoms in total. The maximum Gasteiger partial charge on any atom is 0.251 e. The number of nitrogen functional groups attached to an aromatic ring is 1. The summed E-state index contributed by atoms with van der Waals surface area (Å²) in [7, 11) is 0. The van der Waals surface area contributed by atoms with Crippen LogP contribution in [0.15, 0.2) is 36.2 Å². The predicted octanol–water partition coefficient (Wildman–Crippen LogP) is 0.579. The Morgan fingerprint density at radius 1 is 0.919 bits per heavy atom. The van der Waals surface area contributed by atoms with Crippen LogP contribution in [0, 0.1) is 5.41 Å². The summed E-state index contributed by atoms with van der Waals surface area (Å²) in [5, 5.41) is 12.1. The minimum Gasteiger partial charge on any atom is -0.399 e. The lowest BCUT2D eigenvalue weighted by Crippen LogP contribution is -2.43. The van der Waals surface area contributed by atoms with Crippen molar-refractivity contribution in [1.82, 2.24) is 21.3 Å². The minimum atomic E-state index is -0.167. The number of nitrogens with one attached hydrogen (secondary N) is 4. The number of amides is 2. The lowest BCUT2D eigenvalue weighted by molar-refractivity contribution is -0.126. The van der Waals surface area contributed by atoms with E-state index in [0.29, 0.717) is 69.6 Å². The van der Waals surface area contributed by atoms with Crippen LogP contribution in [0.1, 0.15) is 38.1 Å². The SMILES string of the molecule is C[C@@H](NC(=O)COCCNCCN/C=C(\N)COCCOCCNC(=O)c1ccc(N)cc1)C(C)(C)C. The van der Waals surface area contributed by atoms with Crippen LogP contribution in [0.3, 0.4) is 0 Å². The number of hydrogen-bond acceptors (Lipinski definition) is 9. The van der Waals surface area contributed by atoms with E-state index in [4.69, 9.17) is 25.7 Å². The highest BCUT2D eigenvalue weighted by atomic mass is 16.5. The van der Waals surface area contributed by atoms with Gasteiger partial charge in [-0.05, 0) is 36.6 Å². The molecule has 1 aromatic carbocycles. The van der Waals surface area contributed by atoms with Crippen molar-refractivity contribution < 1.29 is 23.8 Å². The largest absolute Gasteiger partial charge is 0.399 e. The fourth-order valence-electron chi connectivity index (χ4n) is 2.72. The second kappa shape index (κ2) is 18.4. The molecule has 8 N–H and O–H groups in total. The Hall–Kier alpha value is -2.86. The molecule has 0 bridgehead atoms. The molecular weight excluding hydrogens is 476 g/mol. The minimum absolute atomic E-state index is 0.0177. The number of ether oxygens (including phenoxy) is 3. The number of anilines is 1. The van der Waals surface area contributed by atoms with Crippen LogP contribution >= 0.6 is 0 Å². The van der Waals surface area contributed by atoms with Gasteiger partial charge in [-0.15, -0.1) is 0 Å². The Labute approximate surface area is 221 Å². The molecular formula is C26H46N6O5. The highest BCUT2D eigenvalue weighted by Crippen LogP contribution is 2.18. The molecule has 2 amide bonds. The van der Waals surface area contributed by atoms with E-state index in [9.17, 15) is 9.59 Å². The Bertz CT molecular complexity index is 811. The third kappa shape index (κ3) is 16.5. The van der Waals surface area contributed by atoms with Gasteiger partial charge < -0.3 is 46.9 Å². The monoisotopic (exact) mass is 522 g/mol. The molecule has 0 saturated heterocycles. The van der Waals surface area contributed by atoms with Crippen LogP contribution in [0.25, 0.3) is 0 Å². The van der Waals surface area contributed by atoms with Gasteiger partial charge in [0.05, 0.1) is 38.7 Å². The maximum absolute atomic E-state index is 11.9. The normalized spacial score (nSPS) is 12.7. The van der Waals surface area contributed by atoms with E-state index >= 15 is 0 Å². The van der Waals surface area contributed by atoms with Crippen molar-refractivity contribution in [3.05, 3.63) is 41.7 Å². The highest BCUT2D eigenvalue weighted by molar-refractivity contribution is 5.94. The van der Waals surface area contributed by atoms with E-state index in [0.717, 1.165) is 6.54 Å². The second-order valence-corrected chi connectivity index (χ2v) is 9.67. The topological polar surface area (TPSA) is 162 Å². The average molecular weight is 523 g/mol. The fraction of sp³-hybridized carbons (Fsp3) is 0.615. The molecule has 0 radical (unpaired) electrons. The van der Waals surface area contributed by atoms with Gasteiger partial charge in [0.25, 0.3) is 5.91 Å². The highest BCUT2D eigenvalue weighted by Gasteiger charge is 2.21. The average Bonchev–Trinajstić information content (AvgIpc) is 2.84. The zero-order chi connectivity index (χ0) is 27.5. The molecule has 0 fully saturated rings. The van der Waals surface area contributed by atoms with Crippen LogP contribution < -0.4 is 32.7 Å². The van der Waals surface area contributed by atoms with E-state index in [1.165, 1.54) is 0 Å². The quantitative estimate of drug-likeness (QED) is 0.113. The van der Waals surface area contributed by atoms with Crippen molar-refractivity contribution >= 4 is 17.5 Å². The first-order chi connectivity index (χ1) is 17.6. The van der Waals surface area contributed by atoms with Gasteiger partial charge >= 0.3 is 0 Å². The van der Waals surface area contributed by atoms with E-state index in [1.54, 1.807) is 30.5 Å². The Morgan fingerprint density at radius 2 is 1.57 bits per heavy atom. The lowest BCUT2D eigenvalue weighted by atomic mass is 9.88.